The third-order valence-electron chi connectivity index (χ3n) is 9.79. The number of hydrogen-bond acceptors (Lipinski definition) is 5. The van der Waals surface area contributed by atoms with Crippen molar-refractivity contribution in [1.29, 1.82) is 0 Å². The highest BCUT2D eigenvalue weighted by molar-refractivity contribution is 6.42. The highest BCUT2D eigenvalue weighted by atomic mass is 19.4. The van der Waals surface area contributed by atoms with Gasteiger partial charge in [-0.2, -0.15) is 13.2 Å². The number of allylic oxidation sites excluding steroid dienone is 1. The zero-order valence-corrected chi connectivity index (χ0v) is 26.0. The number of carbonyl (C=O) groups is 3. The summed E-state index contributed by atoms with van der Waals surface area (Å²) in [5.41, 5.74) is -2.11. The van der Waals surface area contributed by atoms with Crippen molar-refractivity contribution in [3.8, 4) is 0 Å². The molecule has 2 bridgehead atoms. The van der Waals surface area contributed by atoms with E-state index in [1.54, 1.807) is 13.0 Å². The fourth-order valence-corrected chi connectivity index (χ4v) is 7.16. The topological polar surface area (TPSA) is 78.8 Å². The maximum absolute atomic E-state index is 13.8. The van der Waals surface area contributed by atoms with E-state index in [-0.39, 0.29) is 35.8 Å². The van der Waals surface area contributed by atoms with Crippen molar-refractivity contribution in [3.63, 3.8) is 0 Å². The number of carbonyl (C=O) groups excluding carboxylic acids is 3. The minimum absolute atomic E-state index is 0.0153. The number of rotatable bonds is 12. The first-order valence-electron chi connectivity index (χ1n) is 15.7. The highest BCUT2D eigenvalue weighted by Crippen LogP contribution is 2.60. The summed E-state index contributed by atoms with van der Waals surface area (Å²) < 4.78 is 66.4. The third kappa shape index (κ3) is 6.51. The largest absolute Gasteiger partial charge is 0.416 e. The van der Waals surface area contributed by atoms with Crippen LogP contribution in [0, 0.1) is 17.7 Å². The van der Waals surface area contributed by atoms with Gasteiger partial charge in [0.1, 0.15) is 17.2 Å². The molecule has 6 nitrogen and oxygen atoms in total. The second-order valence-corrected chi connectivity index (χ2v) is 13.0. The molecule has 1 N–H and O–H groups in total. The number of nitrogens with zero attached hydrogens (tertiary/aromatic N) is 2. The molecule has 2 aromatic carbocycles. The van der Waals surface area contributed by atoms with E-state index in [9.17, 15) is 36.3 Å². The summed E-state index contributed by atoms with van der Waals surface area (Å²) in [6, 6.07) is 8.82. The van der Waals surface area contributed by atoms with Crippen LogP contribution in [0.1, 0.15) is 80.8 Å². The Bertz CT molecular complexity index is 1530. The van der Waals surface area contributed by atoms with Crippen LogP contribution in [-0.4, -0.2) is 51.5 Å². The van der Waals surface area contributed by atoms with Gasteiger partial charge in [0, 0.05) is 23.6 Å². The van der Waals surface area contributed by atoms with Crippen molar-refractivity contribution in [2.24, 2.45) is 16.8 Å². The molecule has 3 saturated carbocycles. The zero-order valence-electron chi connectivity index (χ0n) is 26.0. The summed E-state index contributed by atoms with van der Waals surface area (Å²) in [6.45, 7) is 5.14. The molecular weight excluding hydrogens is 605 g/mol. The van der Waals surface area contributed by atoms with E-state index in [1.807, 2.05) is 6.92 Å². The molecule has 4 aliphatic rings. The smallest absolute Gasteiger partial charge is 0.359 e. The molecule has 2 aromatic rings. The first-order valence-corrected chi connectivity index (χ1v) is 15.7. The monoisotopic (exact) mass is 643 g/mol. The lowest BCUT2D eigenvalue weighted by molar-refractivity contribution is -0.138. The average molecular weight is 644 g/mol. The van der Waals surface area contributed by atoms with Gasteiger partial charge in [0.2, 0.25) is 5.78 Å². The van der Waals surface area contributed by atoms with Crippen molar-refractivity contribution < 1.29 is 36.3 Å². The van der Waals surface area contributed by atoms with Gasteiger partial charge < -0.3 is 10.2 Å². The molecule has 0 aromatic heterocycles. The molecule has 246 valence electrons. The van der Waals surface area contributed by atoms with Gasteiger partial charge in [0.05, 0.1) is 17.8 Å². The van der Waals surface area contributed by atoms with Crippen molar-refractivity contribution in [2.75, 3.05) is 0 Å². The Morgan fingerprint density at radius 2 is 1.72 bits per heavy atom. The van der Waals surface area contributed by atoms with E-state index in [4.69, 9.17) is 4.99 Å². The molecule has 1 aliphatic heterocycles. The lowest BCUT2D eigenvalue weighted by atomic mass is 9.74. The number of nitrogens with one attached hydrogen (secondary N) is 1. The minimum Gasteiger partial charge on any atom is -0.359 e. The predicted octanol–water partition coefficient (Wildman–Crippen LogP) is 7.03. The SMILES string of the molecule is CC[C@H]1N=C([C@H]2CC3(N(Cc4ccc(C(F)(F)F)cc4)C(=O)C(=O)c4ccc(F)cc4)CC2C3)N[C@@]1(C)C(=O)/C=C/CC[C@H](C)F. The Kier molecular flexibility index (Phi) is 9.26. The molecule has 0 radical (unpaired) electrons. The Balaban J connectivity index is 1.38. The number of Topliss-reactive ketones (excluding diaryl/α,β-unsaturated/α-hetero) is 1. The number of amides is 1. The van der Waals surface area contributed by atoms with Crippen LogP contribution >= 0.6 is 0 Å². The summed E-state index contributed by atoms with van der Waals surface area (Å²) in [4.78, 5) is 46.9. The van der Waals surface area contributed by atoms with Crippen molar-refractivity contribution in [1.82, 2.24) is 10.2 Å². The molecule has 46 heavy (non-hydrogen) atoms. The molecule has 0 saturated heterocycles. The van der Waals surface area contributed by atoms with Gasteiger partial charge in [-0.15, -0.1) is 0 Å². The van der Waals surface area contributed by atoms with Crippen LogP contribution in [0.4, 0.5) is 22.0 Å². The summed E-state index contributed by atoms with van der Waals surface area (Å²) in [5.74, 6) is -1.70. The van der Waals surface area contributed by atoms with Gasteiger partial charge >= 0.3 is 6.18 Å². The van der Waals surface area contributed by atoms with E-state index in [1.165, 1.54) is 42.2 Å². The molecule has 0 spiro atoms. The summed E-state index contributed by atoms with van der Waals surface area (Å²) in [7, 11) is 0. The Hall–Kier alpha value is -3.89. The van der Waals surface area contributed by atoms with Crippen LogP contribution in [-0.2, 0) is 22.3 Å². The molecule has 6 rings (SSSR count). The quantitative estimate of drug-likeness (QED) is 0.117. The number of alkyl halides is 4. The average Bonchev–Trinajstić information content (AvgIpc) is 3.67. The third-order valence-corrected chi connectivity index (χ3v) is 9.79. The Labute approximate surface area is 265 Å². The van der Waals surface area contributed by atoms with E-state index in [2.05, 4.69) is 5.32 Å². The van der Waals surface area contributed by atoms with Crippen LogP contribution in [0.5, 0.6) is 0 Å². The summed E-state index contributed by atoms with van der Waals surface area (Å²) in [5, 5.41) is 3.39. The van der Waals surface area contributed by atoms with Crippen LogP contribution in [0.15, 0.2) is 65.7 Å². The number of ketones is 2. The number of hydrogen-bond donors (Lipinski definition) is 1. The van der Waals surface area contributed by atoms with E-state index >= 15 is 0 Å². The Morgan fingerprint density at radius 3 is 2.30 bits per heavy atom. The number of halogens is 5. The van der Waals surface area contributed by atoms with E-state index in [0.717, 1.165) is 24.3 Å². The molecule has 0 unspecified atom stereocenters. The highest BCUT2D eigenvalue weighted by Gasteiger charge is 2.63. The molecule has 3 aliphatic carbocycles. The normalized spacial score (nSPS) is 27.6. The van der Waals surface area contributed by atoms with Crippen LogP contribution in [0.25, 0.3) is 0 Å². The van der Waals surface area contributed by atoms with Crippen molar-refractivity contribution in [2.45, 2.75) is 95.3 Å². The second-order valence-electron chi connectivity index (χ2n) is 13.0. The van der Waals surface area contributed by atoms with Crippen molar-refractivity contribution >= 4 is 23.3 Å². The first kappa shape index (κ1) is 33.5. The van der Waals surface area contributed by atoms with Crippen LogP contribution < -0.4 is 5.32 Å². The predicted molar refractivity (Wildman–Crippen MR) is 163 cm³/mol. The maximum atomic E-state index is 13.8. The standard InChI is InChI=1S/C35H38F5N3O3/c1-4-28-33(3,29(44)8-6-5-7-21(2)36)42-31(41-28)27-19-34(17-24(27)18-34)43(20-22-9-13-25(14-10-22)35(38,39)40)32(46)30(45)23-11-15-26(37)16-12-23/h6,8-16,21,24,27-28H,4-5,7,17-20H2,1-3H3,(H,41,42)/b8-6+/t21-,24?,27-,28+,33+,34?/m0/s1. The molecular formula is C35H38F5N3O3. The van der Waals surface area contributed by atoms with Crippen LogP contribution in [0.2, 0.25) is 0 Å². The van der Waals surface area contributed by atoms with E-state index < -0.39 is 46.5 Å². The van der Waals surface area contributed by atoms with Gasteiger partial charge in [-0.3, -0.25) is 19.4 Å². The summed E-state index contributed by atoms with van der Waals surface area (Å²) >= 11 is 0. The number of aliphatic imine (C=N–C) groups is 1. The maximum Gasteiger partial charge on any atom is 0.416 e. The van der Waals surface area contributed by atoms with Gasteiger partial charge in [0.15, 0.2) is 5.78 Å². The second kappa shape index (κ2) is 12.7. The van der Waals surface area contributed by atoms with Crippen LogP contribution in [0.3, 0.4) is 0 Å². The number of amidine groups is 1. The molecule has 3 fully saturated rings. The number of fused-ring (bicyclic) bond motifs is 1. The lowest BCUT2D eigenvalue weighted by Gasteiger charge is -2.47. The van der Waals surface area contributed by atoms with Crippen molar-refractivity contribution in [3.05, 3.63) is 83.2 Å². The van der Waals surface area contributed by atoms with Gasteiger partial charge in [0.25, 0.3) is 5.91 Å². The van der Waals surface area contributed by atoms with Gasteiger partial charge in [-0.25, -0.2) is 8.78 Å². The fourth-order valence-electron chi connectivity index (χ4n) is 7.16. The van der Waals surface area contributed by atoms with Gasteiger partial charge in [-0.05, 0) is 106 Å². The molecule has 1 heterocycles. The number of benzene rings is 2. The molecule has 11 heteroatoms. The lowest BCUT2D eigenvalue weighted by Crippen LogP contribution is -2.56. The Morgan fingerprint density at radius 1 is 1.07 bits per heavy atom. The van der Waals surface area contributed by atoms with Gasteiger partial charge in [-0.1, -0.05) is 25.1 Å². The summed E-state index contributed by atoms with van der Waals surface area (Å²) in [6.07, 6.45) is 0.623. The minimum atomic E-state index is -4.52. The molecule has 1 amide bonds. The fraction of sp³-hybridized carbons (Fsp3) is 0.486. The molecule has 4 atom stereocenters. The zero-order chi connectivity index (χ0) is 33.4. The first-order chi connectivity index (χ1) is 21.7. The van der Waals surface area contributed by atoms with E-state index in [0.29, 0.717) is 49.9 Å².